The third-order valence-electron chi connectivity index (χ3n) is 1.81. The number of rotatable bonds is 5. The first kappa shape index (κ1) is 15.2. The molecule has 0 bridgehead atoms. The zero-order valence-corrected chi connectivity index (χ0v) is 10.6. The Labute approximate surface area is 105 Å². The second kappa shape index (κ2) is 8.38. The third kappa shape index (κ3) is 5.34. The first-order chi connectivity index (χ1) is 7.24. The predicted octanol–water partition coefficient (Wildman–Crippen LogP) is 1.76. The number of hydrogen-bond donors (Lipinski definition) is 1. The van der Waals surface area contributed by atoms with Crippen LogP contribution in [-0.2, 0) is 9.53 Å². The van der Waals surface area contributed by atoms with E-state index in [0.717, 1.165) is 5.69 Å². The Morgan fingerprint density at radius 3 is 2.94 bits per heavy atom. The quantitative estimate of drug-likeness (QED) is 0.647. The number of halogens is 1. The number of aromatic nitrogens is 1. The van der Waals surface area contributed by atoms with E-state index in [2.05, 4.69) is 9.72 Å². The molecule has 1 aromatic heterocycles. The van der Waals surface area contributed by atoms with Crippen molar-refractivity contribution in [3.05, 3.63) is 30.1 Å². The van der Waals surface area contributed by atoms with Crippen LogP contribution < -0.4 is 5.73 Å². The second-order valence-electron chi connectivity index (χ2n) is 2.87. The van der Waals surface area contributed by atoms with Crippen molar-refractivity contribution in [3.63, 3.8) is 0 Å². The third-order valence-corrected chi connectivity index (χ3v) is 2.85. The Morgan fingerprint density at radius 1 is 1.62 bits per heavy atom. The molecule has 0 aliphatic rings. The highest BCUT2D eigenvalue weighted by Crippen LogP contribution is 2.21. The maximum Gasteiger partial charge on any atom is 0.306 e. The molecule has 1 atom stereocenters. The molecule has 0 aliphatic heterocycles. The minimum atomic E-state index is -0.212. The Balaban J connectivity index is 0.00000225. The normalized spacial score (nSPS) is 11.4. The van der Waals surface area contributed by atoms with Gasteiger partial charge in [-0.15, -0.1) is 24.2 Å². The maximum absolute atomic E-state index is 10.8. The number of nitrogens with two attached hydrogens (primary N) is 1. The van der Waals surface area contributed by atoms with Gasteiger partial charge in [0.2, 0.25) is 0 Å². The molecule has 6 heteroatoms. The Morgan fingerprint density at radius 2 is 2.38 bits per heavy atom. The number of esters is 1. The van der Waals surface area contributed by atoms with Crippen LogP contribution in [0.5, 0.6) is 0 Å². The van der Waals surface area contributed by atoms with Gasteiger partial charge in [0, 0.05) is 11.9 Å². The molecular weight excluding hydrogens is 248 g/mol. The van der Waals surface area contributed by atoms with Gasteiger partial charge in [-0.05, 0) is 12.1 Å². The van der Waals surface area contributed by atoms with E-state index in [1.807, 2.05) is 18.2 Å². The van der Waals surface area contributed by atoms with Gasteiger partial charge >= 0.3 is 5.97 Å². The highest BCUT2D eigenvalue weighted by atomic mass is 35.5. The van der Waals surface area contributed by atoms with E-state index in [0.29, 0.717) is 12.2 Å². The molecule has 0 amide bonds. The Bertz CT molecular complexity index is 311. The largest absolute Gasteiger partial charge is 0.469 e. The summed E-state index contributed by atoms with van der Waals surface area (Å²) >= 11 is 1.49. The van der Waals surface area contributed by atoms with Crippen LogP contribution in [0.4, 0.5) is 0 Å². The van der Waals surface area contributed by atoms with Crippen molar-refractivity contribution < 1.29 is 9.53 Å². The van der Waals surface area contributed by atoms with Crippen LogP contribution in [0.3, 0.4) is 0 Å². The molecule has 0 saturated carbocycles. The molecule has 4 nitrogen and oxygen atoms in total. The molecular formula is C10H15ClN2O2S. The molecule has 0 radical (unpaired) electrons. The van der Waals surface area contributed by atoms with Crippen molar-refractivity contribution in [1.82, 2.24) is 4.98 Å². The summed E-state index contributed by atoms with van der Waals surface area (Å²) in [4.78, 5) is 15.0. The molecule has 0 fully saturated rings. The fraction of sp³-hybridized carbons (Fsp3) is 0.400. The van der Waals surface area contributed by atoms with Crippen molar-refractivity contribution >= 4 is 30.1 Å². The lowest BCUT2D eigenvalue weighted by atomic mass is 10.3. The van der Waals surface area contributed by atoms with Gasteiger partial charge in [-0.2, -0.15) is 0 Å². The minimum Gasteiger partial charge on any atom is -0.469 e. The fourth-order valence-electron chi connectivity index (χ4n) is 1.00. The molecule has 1 rings (SSSR count). The van der Waals surface area contributed by atoms with E-state index in [1.165, 1.54) is 18.9 Å². The lowest BCUT2D eigenvalue weighted by molar-refractivity contribution is -0.140. The van der Waals surface area contributed by atoms with Crippen LogP contribution in [0.15, 0.2) is 24.4 Å². The molecule has 1 unspecified atom stereocenters. The lowest BCUT2D eigenvalue weighted by Gasteiger charge is -2.09. The van der Waals surface area contributed by atoms with Crippen LogP contribution >= 0.6 is 24.2 Å². The van der Waals surface area contributed by atoms with Crippen LogP contribution in [0, 0.1) is 0 Å². The number of ether oxygens (including phenoxy) is 1. The molecule has 16 heavy (non-hydrogen) atoms. The number of methoxy groups -OCH3 is 1. The van der Waals surface area contributed by atoms with E-state index >= 15 is 0 Å². The second-order valence-corrected chi connectivity index (χ2v) is 4.12. The topological polar surface area (TPSA) is 65.2 Å². The van der Waals surface area contributed by atoms with Gasteiger partial charge in [0.1, 0.15) is 0 Å². The number of pyridine rings is 1. The summed E-state index contributed by atoms with van der Waals surface area (Å²) in [6.07, 6.45) is 2.08. The predicted molar refractivity (Wildman–Crippen MR) is 67.5 cm³/mol. The first-order valence-electron chi connectivity index (χ1n) is 4.59. The molecule has 0 aliphatic carbocycles. The van der Waals surface area contributed by atoms with E-state index in [4.69, 9.17) is 5.73 Å². The van der Waals surface area contributed by atoms with Crippen molar-refractivity contribution in [3.8, 4) is 0 Å². The summed E-state index contributed by atoms with van der Waals surface area (Å²) in [7, 11) is 1.38. The van der Waals surface area contributed by atoms with Crippen molar-refractivity contribution in [1.29, 1.82) is 0 Å². The molecule has 2 N–H and O–H groups in total. The Hall–Kier alpha value is -0.780. The fourth-order valence-corrected chi connectivity index (χ4v) is 1.85. The summed E-state index contributed by atoms with van der Waals surface area (Å²) in [5.41, 5.74) is 6.70. The molecule has 90 valence electrons. The lowest BCUT2D eigenvalue weighted by Crippen LogP contribution is -2.10. The standard InChI is InChI=1S/C10H14N2O2S.ClH/c1-14-9(13)5-7-15-10(11)8-4-2-3-6-12-8;/h2-4,6,10H,5,7,11H2,1H3;1H. The van der Waals surface area contributed by atoms with Crippen LogP contribution in [0.2, 0.25) is 0 Å². The van der Waals surface area contributed by atoms with Crippen LogP contribution in [0.1, 0.15) is 17.5 Å². The van der Waals surface area contributed by atoms with Gasteiger partial charge < -0.3 is 10.5 Å². The molecule has 0 saturated heterocycles. The number of nitrogens with zero attached hydrogens (tertiary/aromatic N) is 1. The van der Waals surface area contributed by atoms with Crippen molar-refractivity contribution in [2.24, 2.45) is 5.73 Å². The molecule has 0 spiro atoms. The number of carbonyl (C=O) groups is 1. The van der Waals surface area contributed by atoms with Gasteiger partial charge in [-0.25, -0.2) is 0 Å². The summed E-state index contributed by atoms with van der Waals surface area (Å²) in [5.74, 6) is 0.431. The summed E-state index contributed by atoms with van der Waals surface area (Å²) in [6.45, 7) is 0. The van der Waals surface area contributed by atoms with Gasteiger partial charge in [0.05, 0.1) is 24.6 Å². The van der Waals surface area contributed by atoms with Crippen molar-refractivity contribution in [2.75, 3.05) is 12.9 Å². The SMILES string of the molecule is COC(=O)CCSC(N)c1ccccn1.Cl. The zero-order valence-electron chi connectivity index (χ0n) is 8.96. The van der Waals surface area contributed by atoms with Gasteiger partial charge in [0.15, 0.2) is 0 Å². The number of carbonyl (C=O) groups excluding carboxylic acids is 1. The average Bonchev–Trinajstić information content (AvgIpc) is 2.29. The van der Waals surface area contributed by atoms with Gasteiger partial charge in [-0.1, -0.05) is 6.07 Å². The van der Waals surface area contributed by atoms with E-state index < -0.39 is 0 Å². The monoisotopic (exact) mass is 262 g/mol. The minimum absolute atomic E-state index is 0. The van der Waals surface area contributed by atoms with E-state index in [1.54, 1.807) is 6.20 Å². The average molecular weight is 263 g/mol. The molecule has 0 aromatic carbocycles. The van der Waals surface area contributed by atoms with Crippen LogP contribution in [0.25, 0.3) is 0 Å². The van der Waals surface area contributed by atoms with Gasteiger partial charge in [-0.3, -0.25) is 9.78 Å². The van der Waals surface area contributed by atoms with E-state index in [9.17, 15) is 4.79 Å². The smallest absolute Gasteiger partial charge is 0.306 e. The summed E-state index contributed by atoms with van der Waals surface area (Å²) in [6, 6.07) is 5.61. The molecule has 1 aromatic rings. The van der Waals surface area contributed by atoms with Gasteiger partial charge in [0.25, 0.3) is 0 Å². The zero-order chi connectivity index (χ0) is 11.1. The van der Waals surface area contributed by atoms with Crippen LogP contribution in [-0.4, -0.2) is 23.8 Å². The highest BCUT2D eigenvalue weighted by Gasteiger charge is 2.08. The summed E-state index contributed by atoms with van der Waals surface area (Å²) < 4.78 is 4.53. The number of thioether (sulfide) groups is 1. The summed E-state index contributed by atoms with van der Waals surface area (Å²) in [5, 5.41) is -0.184. The Kier molecular flexibility index (Phi) is 7.97. The van der Waals surface area contributed by atoms with E-state index in [-0.39, 0.29) is 23.8 Å². The maximum atomic E-state index is 10.8. The first-order valence-corrected chi connectivity index (χ1v) is 5.64. The highest BCUT2D eigenvalue weighted by molar-refractivity contribution is 7.99. The van der Waals surface area contributed by atoms with Crippen molar-refractivity contribution in [2.45, 2.75) is 11.8 Å². The number of hydrogen-bond acceptors (Lipinski definition) is 5. The molecule has 1 heterocycles.